The van der Waals surface area contributed by atoms with Gasteiger partial charge in [-0.15, -0.1) is 0 Å². The third-order valence-corrected chi connectivity index (χ3v) is 4.55. The number of aryl methyl sites for hydroxylation is 2. The van der Waals surface area contributed by atoms with Crippen LogP contribution in [0.5, 0.6) is 5.75 Å². The molecule has 0 radical (unpaired) electrons. The summed E-state index contributed by atoms with van der Waals surface area (Å²) in [5, 5.41) is 6.58. The number of aromatic amines is 1. The lowest BCUT2D eigenvalue weighted by atomic mass is 10.3. The minimum atomic E-state index is -3.65. The highest BCUT2D eigenvalue weighted by Gasteiger charge is 2.22. The Labute approximate surface area is 124 Å². The molecule has 21 heavy (non-hydrogen) atoms. The first-order valence-corrected chi connectivity index (χ1v) is 8.19. The highest BCUT2D eigenvalue weighted by Crippen LogP contribution is 2.22. The number of ether oxygens (including phenoxy) is 1. The predicted octanol–water partition coefficient (Wildman–Crippen LogP) is 2.62. The number of nitrogens with one attached hydrogen (secondary N) is 2. The van der Waals surface area contributed by atoms with Crippen LogP contribution in [0.15, 0.2) is 29.2 Å². The van der Waals surface area contributed by atoms with Gasteiger partial charge in [0.15, 0.2) is 0 Å². The molecule has 1 heterocycles. The summed E-state index contributed by atoms with van der Waals surface area (Å²) in [6.45, 7) is 5.99. The normalized spacial score (nSPS) is 11.4. The maximum absolute atomic E-state index is 12.4. The monoisotopic (exact) mass is 309 g/mol. The van der Waals surface area contributed by atoms with Gasteiger partial charge in [0.2, 0.25) is 0 Å². The number of aromatic nitrogens is 2. The Morgan fingerprint density at radius 1 is 1.24 bits per heavy atom. The third kappa shape index (κ3) is 3.55. The zero-order valence-corrected chi connectivity index (χ0v) is 13.1. The van der Waals surface area contributed by atoms with Crippen molar-refractivity contribution >= 4 is 15.7 Å². The van der Waals surface area contributed by atoms with Crippen molar-refractivity contribution < 1.29 is 13.2 Å². The first-order valence-electron chi connectivity index (χ1n) is 6.71. The van der Waals surface area contributed by atoms with E-state index in [-0.39, 0.29) is 4.90 Å². The van der Waals surface area contributed by atoms with Crippen molar-refractivity contribution in [1.82, 2.24) is 10.2 Å². The van der Waals surface area contributed by atoms with Crippen LogP contribution in [0.25, 0.3) is 0 Å². The number of hydrogen-bond donors (Lipinski definition) is 2. The van der Waals surface area contributed by atoms with Crippen molar-refractivity contribution in [3.05, 3.63) is 35.7 Å². The molecule has 0 aliphatic heterocycles. The molecule has 0 spiro atoms. The molecular formula is C14H19N3O3S. The molecule has 114 valence electrons. The van der Waals surface area contributed by atoms with E-state index < -0.39 is 10.0 Å². The van der Waals surface area contributed by atoms with Gasteiger partial charge in [-0.25, -0.2) is 8.42 Å². The van der Waals surface area contributed by atoms with E-state index in [4.69, 9.17) is 4.74 Å². The SMILES string of the molecule is CCCOc1ccc(NS(=O)(=O)c2c(C)n[nH]c2C)cc1. The first-order chi connectivity index (χ1) is 9.94. The number of nitrogens with zero attached hydrogens (tertiary/aromatic N) is 1. The third-order valence-electron chi connectivity index (χ3n) is 2.91. The number of benzene rings is 1. The predicted molar refractivity (Wildman–Crippen MR) is 81.1 cm³/mol. The van der Waals surface area contributed by atoms with Gasteiger partial charge in [-0.3, -0.25) is 9.82 Å². The summed E-state index contributed by atoms with van der Waals surface area (Å²) in [5.41, 5.74) is 1.45. The molecule has 0 atom stereocenters. The van der Waals surface area contributed by atoms with E-state index in [0.29, 0.717) is 23.7 Å². The van der Waals surface area contributed by atoms with Crippen LogP contribution in [-0.4, -0.2) is 25.2 Å². The lowest BCUT2D eigenvalue weighted by Crippen LogP contribution is -2.14. The van der Waals surface area contributed by atoms with Gasteiger partial charge in [0.1, 0.15) is 10.6 Å². The van der Waals surface area contributed by atoms with Crippen LogP contribution in [0.1, 0.15) is 24.7 Å². The van der Waals surface area contributed by atoms with E-state index in [1.54, 1.807) is 38.1 Å². The van der Waals surface area contributed by atoms with E-state index in [2.05, 4.69) is 14.9 Å². The summed E-state index contributed by atoms with van der Waals surface area (Å²) < 4.78 is 32.7. The fourth-order valence-electron chi connectivity index (χ4n) is 1.98. The van der Waals surface area contributed by atoms with E-state index in [1.165, 1.54) is 0 Å². The van der Waals surface area contributed by atoms with Gasteiger partial charge >= 0.3 is 0 Å². The largest absolute Gasteiger partial charge is 0.494 e. The molecule has 0 aliphatic rings. The maximum Gasteiger partial charge on any atom is 0.265 e. The van der Waals surface area contributed by atoms with Crippen molar-refractivity contribution in [2.24, 2.45) is 0 Å². The fraction of sp³-hybridized carbons (Fsp3) is 0.357. The van der Waals surface area contributed by atoms with Gasteiger partial charge in [0.25, 0.3) is 10.0 Å². The van der Waals surface area contributed by atoms with Crippen LogP contribution in [-0.2, 0) is 10.0 Å². The molecule has 2 N–H and O–H groups in total. The average molecular weight is 309 g/mol. The minimum Gasteiger partial charge on any atom is -0.494 e. The number of sulfonamides is 1. The van der Waals surface area contributed by atoms with Crippen molar-refractivity contribution in [2.75, 3.05) is 11.3 Å². The van der Waals surface area contributed by atoms with Crippen molar-refractivity contribution in [3.63, 3.8) is 0 Å². The molecular weight excluding hydrogens is 290 g/mol. The molecule has 0 bridgehead atoms. The highest BCUT2D eigenvalue weighted by molar-refractivity contribution is 7.92. The molecule has 0 unspecified atom stereocenters. The van der Waals surface area contributed by atoms with E-state index in [9.17, 15) is 8.42 Å². The molecule has 2 aromatic rings. The molecule has 6 nitrogen and oxygen atoms in total. The topological polar surface area (TPSA) is 84.1 Å². The second kappa shape index (κ2) is 6.17. The van der Waals surface area contributed by atoms with Crippen LogP contribution in [0, 0.1) is 13.8 Å². The smallest absolute Gasteiger partial charge is 0.265 e. The Morgan fingerprint density at radius 3 is 2.43 bits per heavy atom. The molecule has 0 fully saturated rings. The van der Waals surface area contributed by atoms with Gasteiger partial charge in [-0.1, -0.05) is 6.92 Å². The van der Waals surface area contributed by atoms with Crippen LogP contribution < -0.4 is 9.46 Å². The van der Waals surface area contributed by atoms with Crippen molar-refractivity contribution in [2.45, 2.75) is 32.1 Å². The van der Waals surface area contributed by atoms with Crippen LogP contribution in [0.4, 0.5) is 5.69 Å². The Bertz CT molecular complexity index is 686. The Morgan fingerprint density at radius 2 is 1.90 bits per heavy atom. The van der Waals surface area contributed by atoms with Gasteiger partial charge < -0.3 is 4.74 Å². The summed E-state index contributed by atoms with van der Waals surface area (Å²) in [6, 6.07) is 6.83. The van der Waals surface area contributed by atoms with Crippen molar-refractivity contribution in [3.8, 4) is 5.75 Å². The fourth-order valence-corrected chi connectivity index (χ4v) is 3.41. The molecule has 0 saturated heterocycles. The Kier molecular flexibility index (Phi) is 4.52. The summed E-state index contributed by atoms with van der Waals surface area (Å²) in [6.07, 6.45) is 0.924. The molecule has 7 heteroatoms. The minimum absolute atomic E-state index is 0.189. The van der Waals surface area contributed by atoms with Crippen molar-refractivity contribution in [1.29, 1.82) is 0 Å². The number of anilines is 1. The molecule has 0 amide bonds. The quantitative estimate of drug-likeness (QED) is 0.859. The van der Waals surface area contributed by atoms with Crippen LogP contribution in [0.2, 0.25) is 0 Å². The van der Waals surface area contributed by atoms with Crippen LogP contribution >= 0.6 is 0 Å². The number of H-pyrrole nitrogens is 1. The number of rotatable bonds is 6. The van der Waals surface area contributed by atoms with Gasteiger partial charge in [-0.2, -0.15) is 5.10 Å². The summed E-state index contributed by atoms with van der Waals surface area (Å²) in [7, 11) is -3.65. The lowest BCUT2D eigenvalue weighted by molar-refractivity contribution is 0.317. The lowest BCUT2D eigenvalue weighted by Gasteiger charge is -2.09. The van der Waals surface area contributed by atoms with E-state index in [1.807, 2.05) is 6.92 Å². The zero-order valence-electron chi connectivity index (χ0n) is 12.3. The molecule has 2 rings (SSSR count). The summed E-state index contributed by atoms with van der Waals surface area (Å²) >= 11 is 0. The highest BCUT2D eigenvalue weighted by atomic mass is 32.2. The summed E-state index contributed by atoms with van der Waals surface area (Å²) in [4.78, 5) is 0.189. The standard InChI is InChI=1S/C14H19N3O3S/c1-4-9-20-13-7-5-12(6-8-13)17-21(18,19)14-10(2)15-16-11(14)3/h5-8,17H,4,9H2,1-3H3,(H,15,16). The van der Waals surface area contributed by atoms with Gasteiger partial charge in [-0.05, 0) is 44.5 Å². The van der Waals surface area contributed by atoms with E-state index in [0.717, 1.165) is 12.2 Å². The summed E-state index contributed by atoms with van der Waals surface area (Å²) in [5.74, 6) is 0.718. The Hall–Kier alpha value is -2.02. The Balaban J connectivity index is 2.17. The van der Waals surface area contributed by atoms with Crippen LogP contribution in [0.3, 0.4) is 0 Å². The number of hydrogen-bond acceptors (Lipinski definition) is 4. The molecule has 1 aromatic carbocycles. The average Bonchev–Trinajstić information content (AvgIpc) is 2.77. The second-order valence-electron chi connectivity index (χ2n) is 4.74. The molecule has 0 aliphatic carbocycles. The maximum atomic E-state index is 12.4. The zero-order chi connectivity index (χ0) is 15.5. The molecule has 0 saturated carbocycles. The van der Waals surface area contributed by atoms with Gasteiger partial charge in [0, 0.05) is 5.69 Å². The molecule has 1 aromatic heterocycles. The van der Waals surface area contributed by atoms with E-state index >= 15 is 0 Å². The second-order valence-corrected chi connectivity index (χ2v) is 6.36. The van der Waals surface area contributed by atoms with Gasteiger partial charge in [0.05, 0.1) is 18.0 Å². The first kappa shape index (κ1) is 15.4.